The lowest BCUT2D eigenvalue weighted by molar-refractivity contribution is 0.415. The van der Waals surface area contributed by atoms with E-state index < -0.39 is 0 Å². The van der Waals surface area contributed by atoms with Crippen LogP contribution >= 0.6 is 0 Å². The van der Waals surface area contributed by atoms with Crippen molar-refractivity contribution in [3.05, 3.63) is 48.0 Å². The van der Waals surface area contributed by atoms with Crippen molar-refractivity contribution in [2.75, 3.05) is 13.7 Å². The van der Waals surface area contributed by atoms with Gasteiger partial charge >= 0.3 is 0 Å². The Balaban J connectivity index is 2.10. The van der Waals surface area contributed by atoms with E-state index in [0.29, 0.717) is 0 Å². The molecule has 0 radical (unpaired) electrons. The summed E-state index contributed by atoms with van der Waals surface area (Å²) in [6.07, 6.45) is 4.32. The van der Waals surface area contributed by atoms with Crippen LogP contribution in [0.2, 0.25) is 0 Å². The van der Waals surface area contributed by atoms with Gasteiger partial charge in [-0.05, 0) is 55.3 Å². The van der Waals surface area contributed by atoms with Gasteiger partial charge in [0.25, 0.3) is 0 Å². The lowest BCUT2D eigenvalue weighted by atomic mass is 10.1. The fourth-order valence-electron chi connectivity index (χ4n) is 2.03. The fourth-order valence-corrected chi connectivity index (χ4v) is 2.03. The van der Waals surface area contributed by atoms with Crippen LogP contribution in [0.1, 0.15) is 26.3 Å². The number of ether oxygens (including phenoxy) is 1. The molecule has 2 nitrogen and oxygen atoms in total. The Morgan fingerprint density at radius 3 is 2.45 bits per heavy atom. The highest BCUT2D eigenvalue weighted by atomic mass is 16.5. The van der Waals surface area contributed by atoms with Crippen molar-refractivity contribution in [1.29, 1.82) is 0 Å². The number of hydrogen-bond donors (Lipinski definition) is 1. The van der Waals surface area contributed by atoms with Crippen LogP contribution in [0.3, 0.4) is 0 Å². The van der Waals surface area contributed by atoms with E-state index in [2.05, 4.69) is 68.6 Å². The van der Waals surface area contributed by atoms with Crippen LogP contribution in [0, 0.1) is 0 Å². The van der Waals surface area contributed by atoms with E-state index in [1.807, 2.05) is 6.07 Å². The van der Waals surface area contributed by atoms with Gasteiger partial charge in [0.15, 0.2) is 0 Å². The molecule has 20 heavy (non-hydrogen) atoms. The Morgan fingerprint density at radius 2 is 1.75 bits per heavy atom. The molecule has 0 heterocycles. The molecule has 2 aromatic carbocycles. The average molecular weight is 269 g/mol. The zero-order valence-electron chi connectivity index (χ0n) is 12.7. The van der Waals surface area contributed by atoms with Crippen molar-refractivity contribution in [2.24, 2.45) is 0 Å². The number of methoxy groups -OCH3 is 1. The topological polar surface area (TPSA) is 21.3 Å². The van der Waals surface area contributed by atoms with Crippen molar-refractivity contribution in [3.63, 3.8) is 0 Å². The first-order valence-corrected chi connectivity index (χ1v) is 6.97. The standard InChI is InChI=1S/C18H23NO/c1-18(2,3)19-11-5-6-14-7-8-16-13-17(20-4)10-9-15(16)12-14/h5-10,12-13,19H,11H2,1-4H3. The van der Waals surface area contributed by atoms with Gasteiger partial charge in [-0.2, -0.15) is 0 Å². The Morgan fingerprint density at radius 1 is 1.05 bits per heavy atom. The lowest BCUT2D eigenvalue weighted by Crippen LogP contribution is -2.35. The third-order valence-corrected chi connectivity index (χ3v) is 3.13. The van der Waals surface area contributed by atoms with Gasteiger partial charge in [0.1, 0.15) is 5.75 Å². The number of hydrogen-bond acceptors (Lipinski definition) is 2. The molecule has 2 heteroatoms. The summed E-state index contributed by atoms with van der Waals surface area (Å²) in [7, 11) is 1.69. The minimum Gasteiger partial charge on any atom is -0.497 e. The van der Waals surface area contributed by atoms with Crippen LogP contribution in [0.4, 0.5) is 0 Å². The van der Waals surface area contributed by atoms with Gasteiger partial charge in [-0.3, -0.25) is 0 Å². The molecular weight excluding hydrogens is 246 g/mol. The van der Waals surface area contributed by atoms with Crippen LogP contribution < -0.4 is 10.1 Å². The maximum atomic E-state index is 5.24. The summed E-state index contributed by atoms with van der Waals surface area (Å²) in [5.41, 5.74) is 1.38. The maximum absolute atomic E-state index is 5.24. The van der Waals surface area contributed by atoms with E-state index in [4.69, 9.17) is 4.74 Å². The van der Waals surface area contributed by atoms with Crippen LogP contribution in [0.15, 0.2) is 42.5 Å². The van der Waals surface area contributed by atoms with E-state index >= 15 is 0 Å². The number of benzene rings is 2. The molecule has 0 aliphatic heterocycles. The summed E-state index contributed by atoms with van der Waals surface area (Å²) in [5, 5.41) is 5.88. The molecule has 0 aliphatic carbocycles. The SMILES string of the molecule is COc1ccc2cc(C=CCNC(C)(C)C)ccc2c1. The van der Waals surface area contributed by atoms with Crippen LogP contribution in [0.5, 0.6) is 5.75 Å². The first kappa shape index (κ1) is 14.6. The zero-order chi connectivity index (χ0) is 14.6. The van der Waals surface area contributed by atoms with Gasteiger partial charge in [-0.15, -0.1) is 0 Å². The molecule has 2 aromatic rings. The molecule has 0 saturated carbocycles. The van der Waals surface area contributed by atoms with Crippen molar-refractivity contribution in [3.8, 4) is 5.75 Å². The zero-order valence-corrected chi connectivity index (χ0v) is 12.7. The molecule has 2 rings (SSSR count). The summed E-state index contributed by atoms with van der Waals surface area (Å²) < 4.78 is 5.24. The molecule has 0 bridgehead atoms. The van der Waals surface area contributed by atoms with Gasteiger partial charge in [0, 0.05) is 12.1 Å². The first-order chi connectivity index (χ1) is 9.48. The van der Waals surface area contributed by atoms with E-state index in [9.17, 15) is 0 Å². The van der Waals surface area contributed by atoms with E-state index in [1.54, 1.807) is 7.11 Å². The number of fused-ring (bicyclic) bond motifs is 1. The van der Waals surface area contributed by atoms with Crippen molar-refractivity contribution in [1.82, 2.24) is 5.32 Å². The van der Waals surface area contributed by atoms with Gasteiger partial charge in [0.05, 0.1) is 7.11 Å². The molecule has 0 saturated heterocycles. The summed E-state index contributed by atoms with van der Waals surface area (Å²) >= 11 is 0. The molecule has 1 N–H and O–H groups in total. The van der Waals surface area contributed by atoms with Crippen LogP contribution in [0.25, 0.3) is 16.8 Å². The quantitative estimate of drug-likeness (QED) is 0.896. The monoisotopic (exact) mass is 269 g/mol. The van der Waals surface area contributed by atoms with Gasteiger partial charge in [0.2, 0.25) is 0 Å². The second kappa shape index (κ2) is 6.10. The minimum atomic E-state index is 0.157. The molecule has 0 aromatic heterocycles. The second-order valence-electron chi connectivity index (χ2n) is 6.01. The number of rotatable bonds is 4. The maximum Gasteiger partial charge on any atom is 0.119 e. The van der Waals surface area contributed by atoms with Crippen molar-refractivity contribution in [2.45, 2.75) is 26.3 Å². The highest BCUT2D eigenvalue weighted by molar-refractivity contribution is 5.86. The smallest absolute Gasteiger partial charge is 0.119 e. The van der Waals surface area contributed by atoms with E-state index in [0.717, 1.165) is 12.3 Å². The van der Waals surface area contributed by atoms with E-state index in [1.165, 1.54) is 16.3 Å². The van der Waals surface area contributed by atoms with E-state index in [-0.39, 0.29) is 5.54 Å². The van der Waals surface area contributed by atoms with Crippen LogP contribution in [-0.2, 0) is 0 Å². The molecule has 0 fully saturated rings. The second-order valence-corrected chi connectivity index (χ2v) is 6.01. The molecule has 0 atom stereocenters. The third-order valence-electron chi connectivity index (χ3n) is 3.13. The molecule has 0 aliphatic rings. The van der Waals surface area contributed by atoms with Gasteiger partial charge in [-0.25, -0.2) is 0 Å². The Hall–Kier alpha value is -1.80. The summed E-state index contributed by atoms with van der Waals surface area (Å²) in [5.74, 6) is 0.898. The highest BCUT2D eigenvalue weighted by Crippen LogP contribution is 2.22. The Labute approximate surface area is 121 Å². The summed E-state index contributed by atoms with van der Waals surface area (Å²) in [6, 6.07) is 12.6. The van der Waals surface area contributed by atoms with Gasteiger partial charge in [-0.1, -0.05) is 30.4 Å². The fraction of sp³-hybridized carbons (Fsp3) is 0.333. The number of nitrogens with one attached hydrogen (secondary N) is 1. The molecule has 0 spiro atoms. The van der Waals surface area contributed by atoms with Crippen molar-refractivity contribution < 1.29 is 4.74 Å². The minimum absolute atomic E-state index is 0.157. The normalized spacial score (nSPS) is 12.2. The Bertz CT molecular complexity index is 608. The molecular formula is C18H23NO. The third kappa shape index (κ3) is 4.10. The highest BCUT2D eigenvalue weighted by Gasteiger charge is 2.05. The average Bonchev–Trinajstić information content (AvgIpc) is 2.42. The summed E-state index contributed by atoms with van der Waals surface area (Å²) in [6.45, 7) is 7.39. The molecule has 0 unspecified atom stereocenters. The lowest BCUT2D eigenvalue weighted by Gasteiger charge is -2.18. The molecule has 106 valence electrons. The largest absolute Gasteiger partial charge is 0.497 e. The predicted octanol–water partition coefficient (Wildman–Crippen LogP) is 4.25. The Kier molecular flexibility index (Phi) is 4.46. The predicted molar refractivity (Wildman–Crippen MR) is 87.3 cm³/mol. The van der Waals surface area contributed by atoms with Crippen LogP contribution in [-0.4, -0.2) is 19.2 Å². The van der Waals surface area contributed by atoms with Crippen molar-refractivity contribution >= 4 is 16.8 Å². The molecule has 0 amide bonds. The van der Waals surface area contributed by atoms with Gasteiger partial charge < -0.3 is 10.1 Å². The first-order valence-electron chi connectivity index (χ1n) is 6.97. The summed E-state index contributed by atoms with van der Waals surface area (Å²) in [4.78, 5) is 0.